The molecule has 3 rings (SSSR count). The molecule has 0 amide bonds. The van der Waals surface area contributed by atoms with Crippen molar-refractivity contribution in [1.29, 1.82) is 0 Å². The number of benzene rings is 1. The molecule has 3 aromatic rings. The van der Waals surface area contributed by atoms with Crippen LogP contribution in [0, 0.1) is 10.1 Å². The number of para-hydroxylation sites is 1. The van der Waals surface area contributed by atoms with Crippen LogP contribution in [0.1, 0.15) is 0 Å². The number of fused-ring (bicyclic) bond motifs is 1. The summed E-state index contributed by atoms with van der Waals surface area (Å²) in [6, 6.07) is 8.47. The van der Waals surface area contributed by atoms with E-state index >= 15 is 0 Å². The minimum atomic E-state index is -0.389. The maximum Gasteiger partial charge on any atom is 0.279 e. The molecule has 0 aliphatic heterocycles. The highest BCUT2D eigenvalue weighted by Crippen LogP contribution is 2.34. The molecule has 0 bridgehead atoms. The molecule has 0 spiro atoms. The van der Waals surface area contributed by atoms with Gasteiger partial charge >= 0.3 is 0 Å². The summed E-state index contributed by atoms with van der Waals surface area (Å²) in [5.74, 6) is 0. The van der Waals surface area contributed by atoms with Crippen LogP contribution in [0.25, 0.3) is 20.8 Å². The second-order valence-corrected chi connectivity index (χ2v) is 4.67. The quantitative estimate of drug-likeness (QED) is 0.522. The molecule has 0 radical (unpaired) electrons. The normalized spacial score (nSPS) is 10.7. The van der Waals surface area contributed by atoms with Crippen LogP contribution in [0.2, 0.25) is 0 Å². The lowest BCUT2D eigenvalue weighted by Crippen LogP contribution is -1.90. The molecule has 1 aromatic carbocycles. The number of hydrogen-bond acceptors (Lipinski definition) is 5. The van der Waals surface area contributed by atoms with Gasteiger partial charge in [0.1, 0.15) is 10.5 Å². The van der Waals surface area contributed by atoms with Gasteiger partial charge in [-0.15, -0.1) is 11.3 Å². The summed E-state index contributed by atoms with van der Waals surface area (Å²) in [5, 5.41) is 11.6. The van der Waals surface area contributed by atoms with Gasteiger partial charge in [-0.25, -0.2) is 4.98 Å². The monoisotopic (exact) mass is 257 g/mol. The van der Waals surface area contributed by atoms with E-state index in [2.05, 4.69) is 9.97 Å². The van der Waals surface area contributed by atoms with Gasteiger partial charge < -0.3 is 0 Å². The summed E-state index contributed by atoms with van der Waals surface area (Å²) in [5.41, 5.74) is 1.38. The van der Waals surface area contributed by atoms with Crippen molar-refractivity contribution in [2.24, 2.45) is 0 Å². The molecule has 0 saturated carbocycles. The minimum absolute atomic E-state index is 0.0736. The van der Waals surface area contributed by atoms with Crippen LogP contribution in [0.3, 0.4) is 0 Å². The molecule has 2 heterocycles. The van der Waals surface area contributed by atoms with Gasteiger partial charge in [0.05, 0.1) is 21.4 Å². The zero-order chi connectivity index (χ0) is 12.5. The molecule has 0 saturated heterocycles. The fraction of sp³-hybridized carbons (Fsp3) is 0. The molecule has 0 fully saturated rings. The van der Waals surface area contributed by atoms with Gasteiger partial charge in [0.15, 0.2) is 0 Å². The largest absolute Gasteiger partial charge is 0.279 e. The van der Waals surface area contributed by atoms with E-state index in [9.17, 15) is 10.1 Å². The summed E-state index contributed by atoms with van der Waals surface area (Å²) >= 11 is 1.43. The van der Waals surface area contributed by atoms with Crippen molar-refractivity contribution in [1.82, 2.24) is 9.97 Å². The molecule has 5 nitrogen and oxygen atoms in total. The zero-order valence-corrected chi connectivity index (χ0v) is 9.92. The van der Waals surface area contributed by atoms with E-state index in [0.717, 1.165) is 10.2 Å². The molecule has 0 atom stereocenters. The zero-order valence-electron chi connectivity index (χ0n) is 9.11. The summed E-state index contributed by atoms with van der Waals surface area (Å²) in [6.45, 7) is 0. The molecule has 0 aliphatic carbocycles. The van der Waals surface area contributed by atoms with Crippen LogP contribution in [0.5, 0.6) is 0 Å². The first-order chi connectivity index (χ1) is 8.75. The number of rotatable bonds is 2. The average Bonchev–Trinajstić information content (AvgIpc) is 2.82. The molecule has 2 aromatic heterocycles. The predicted molar refractivity (Wildman–Crippen MR) is 69.5 cm³/mol. The van der Waals surface area contributed by atoms with E-state index in [1.807, 2.05) is 6.07 Å². The highest BCUT2D eigenvalue weighted by molar-refractivity contribution is 7.21. The maximum atomic E-state index is 11.0. The second kappa shape index (κ2) is 4.15. The Morgan fingerprint density at radius 3 is 2.83 bits per heavy atom. The van der Waals surface area contributed by atoms with Gasteiger partial charge in [0.25, 0.3) is 5.69 Å². The summed E-state index contributed by atoms with van der Waals surface area (Å²) in [4.78, 5) is 19.0. The van der Waals surface area contributed by atoms with E-state index in [4.69, 9.17) is 0 Å². The van der Waals surface area contributed by atoms with Crippen molar-refractivity contribution < 1.29 is 4.92 Å². The van der Waals surface area contributed by atoms with Crippen molar-refractivity contribution in [3.63, 3.8) is 0 Å². The predicted octanol–water partition coefficient (Wildman–Crippen LogP) is 3.27. The number of nitro benzene ring substituents is 1. The van der Waals surface area contributed by atoms with Gasteiger partial charge in [-0.1, -0.05) is 12.1 Å². The first kappa shape index (κ1) is 10.8. The SMILES string of the molecule is O=[N+]([O-])c1ccccc1-c1nc2cnccc2s1. The summed E-state index contributed by atoms with van der Waals surface area (Å²) < 4.78 is 0.971. The summed E-state index contributed by atoms with van der Waals surface area (Å²) in [7, 11) is 0. The lowest BCUT2D eigenvalue weighted by Gasteiger charge is -1.97. The first-order valence-electron chi connectivity index (χ1n) is 5.20. The number of nitrogens with zero attached hydrogens (tertiary/aromatic N) is 3. The number of nitro groups is 1. The van der Waals surface area contributed by atoms with Crippen LogP contribution in [0.15, 0.2) is 42.7 Å². The van der Waals surface area contributed by atoms with E-state index < -0.39 is 0 Å². The van der Waals surface area contributed by atoms with E-state index in [1.54, 1.807) is 30.6 Å². The third-order valence-corrected chi connectivity index (χ3v) is 3.59. The molecular formula is C12H7N3O2S. The Hall–Kier alpha value is -2.34. The van der Waals surface area contributed by atoms with Gasteiger partial charge in [-0.05, 0) is 12.1 Å². The fourth-order valence-corrected chi connectivity index (χ4v) is 2.68. The number of pyridine rings is 1. The molecule has 0 aliphatic rings. The van der Waals surface area contributed by atoms with Crippen LogP contribution in [-0.4, -0.2) is 14.9 Å². The van der Waals surface area contributed by atoms with Crippen LogP contribution < -0.4 is 0 Å². The molecule has 0 unspecified atom stereocenters. The molecule has 88 valence electrons. The van der Waals surface area contributed by atoms with Gasteiger partial charge in [-0.3, -0.25) is 15.1 Å². The van der Waals surface area contributed by atoms with Gasteiger partial charge in [0.2, 0.25) is 0 Å². The van der Waals surface area contributed by atoms with E-state index in [-0.39, 0.29) is 10.6 Å². The number of hydrogen-bond donors (Lipinski definition) is 0. The van der Waals surface area contributed by atoms with E-state index in [1.165, 1.54) is 17.4 Å². The Balaban J connectivity index is 2.23. The van der Waals surface area contributed by atoms with Crippen LogP contribution >= 0.6 is 11.3 Å². The Labute approximate surface area is 106 Å². The Morgan fingerprint density at radius 1 is 1.22 bits per heavy atom. The summed E-state index contributed by atoms with van der Waals surface area (Å²) in [6.07, 6.45) is 3.34. The Bertz CT molecular complexity index is 706. The average molecular weight is 257 g/mol. The second-order valence-electron chi connectivity index (χ2n) is 3.64. The Kier molecular flexibility index (Phi) is 2.49. The topological polar surface area (TPSA) is 68.9 Å². The van der Waals surface area contributed by atoms with E-state index in [0.29, 0.717) is 10.6 Å². The smallest absolute Gasteiger partial charge is 0.262 e. The molecular weight excluding hydrogens is 250 g/mol. The van der Waals surface area contributed by atoms with Crippen LogP contribution in [-0.2, 0) is 0 Å². The highest BCUT2D eigenvalue weighted by atomic mass is 32.1. The van der Waals surface area contributed by atoms with Crippen molar-refractivity contribution in [3.8, 4) is 10.6 Å². The van der Waals surface area contributed by atoms with Gasteiger partial charge in [-0.2, -0.15) is 0 Å². The highest BCUT2D eigenvalue weighted by Gasteiger charge is 2.17. The Morgan fingerprint density at radius 2 is 2.06 bits per heavy atom. The lowest BCUT2D eigenvalue weighted by molar-refractivity contribution is -0.384. The molecule has 6 heteroatoms. The first-order valence-corrected chi connectivity index (χ1v) is 6.02. The number of thiazole rings is 1. The standard InChI is InChI=1S/C12H7N3O2S/c16-15(17)10-4-2-1-3-8(10)12-14-9-7-13-6-5-11(9)18-12/h1-7H. The van der Waals surface area contributed by atoms with Crippen molar-refractivity contribution in [2.45, 2.75) is 0 Å². The van der Waals surface area contributed by atoms with Crippen molar-refractivity contribution >= 4 is 27.2 Å². The molecule has 18 heavy (non-hydrogen) atoms. The van der Waals surface area contributed by atoms with Crippen molar-refractivity contribution in [2.75, 3.05) is 0 Å². The fourth-order valence-electron chi connectivity index (χ4n) is 1.71. The molecule has 0 N–H and O–H groups in total. The van der Waals surface area contributed by atoms with Crippen LogP contribution in [0.4, 0.5) is 5.69 Å². The third kappa shape index (κ3) is 1.72. The minimum Gasteiger partial charge on any atom is -0.262 e. The van der Waals surface area contributed by atoms with Crippen molar-refractivity contribution in [3.05, 3.63) is 52.8 Å². The lowest BCUT2D eigenvalue weighted by atomic mass is 10.2. The maximum absolute atomic E-state index is 11.0. The number of aromatic nitrogens is 2. The third-order valence-electron chi connectivity index (χ3n) is 2.52. The van der Waals surface area contributed by atoms with Gasteiger partial charge in [0, 0.05) is 12.3 Å².